The van der Waals surface area contributed by atoms with Gasteiger partial charge in [0.1, 0.15) is 6.10 Å². The molecule has 1 aromatic heterocycles. The fourth-order valence-electron chi connectivity index (χ4n) is 2.77. The zero-order valence-corrected chi connectivity index (χ0v) is 15.2. The van der Waals surface area contributed by atoms with Crippen LogP contribution < -0.4 is 0 Å². The lowest BCUT2D eigenvalue weighted by Gasteiger charge is -2.25. The normalized spacial score (nSPS) is 13.0. The van der Waals surface area contributed by atoms with E-state index in [4.69, 9.17) is 0 Å². The molecule has 0 bridgehead atoms. The Bertz CT molecular complexity index is 940. The summed E-state index contributed by atoms with van der Waals surface area (Å²) in [6, 6.07) is 19.3. The number of hydrogen-bond donors (Lipinski definition) is 1. The van der Waals surface area contributed by atoms with Gasteiger partial charge in [0.25, 0.3) is 0 Å². The van der Waals surface area contributed by atoms with Crippen molar-refractivity contribution in [2.75, 3.05) is 6.54 Å². The first-order chi connectivity index (χ1) is 12.5. The molecule has 0 spiro atoms. The minimum Gasteiger partial charge on any atom is -0.385 e. The van der Waals surface area contributed by atoms with Gasteiger partial charge in [0.15, 0.2) is 0 Å². The van der Waals surface area contributed by atoms with Crippen LogP contribution in [0.5, 0.6) is 0 Å². The van der Waals surface area contributed by atoms with Crippen LogP contribution in [0, 0.1) is 0 Å². The Morgan fingerprint density at radius 1 is 1.04 bits per heavy atom. The van der Waals surface area contributed by atoms with E-state index in [0.717, 1.165) is 5.56 Å². The molecular weight excluding hydrogens is 350 g/mol. The number of rotatable bonds is 7. The van der Waals surface area contributed by atoms with Crippen LogP contribution in [0.2, 0.25) is 0 Å². The molecule has 1 N–H and O–H groups in total. The van der Waals surface area contributed by atoms with Crippen molar-refractivity contribution >= 4 is 10.0 Å². The smallest absolute Gasteiger partial charge is 0.243 e. The summed E-state index contributed by atoms with van der Waals surface area (Å²) >= 11 is 0. The van der Waals surface area contributed by atoms with E-state index in [2.05, 4.69) is 5.10 Å². The van der Waals surface area contributed by atoms with E-state index >= 15 is 0 Å². The molecule has 0 aliphatic rings. The molecule has 1 heterocycles. The molecule has 0 aliphatic heterocycles. The maximum atomic E-state index is 13.1. The van der Waals surface area contributed by atoms with Gasteiger partial charge in [0.2, 0.25) is 10.0 Å². The molecule has 1 atom stereocenters. The summed E-state index contributed by atoms with van der Waals surface area (Å²) in [7, 11) is -2.04. The highest BCUT2D eigenvalue weighted by Gasteiger charge is 2.28. The largest absolute Gasteiger partial charge is 0.385 e. The molecule has 0 amide bonds. The first-order valence-corrected chi connectivity index (χ1v) is 9.67. The Kier molecular flexibility index (Phi) is 5.51. The van der Waals surface area contributed by atoms with E-state index in [-0.39, 0.29) is 18.0 Å². The van der Waals surface area contributed by atoms with Crippen LogP contribution >= 0.6 is 0 Å². The van der Waals surface area contributed by atoms with Gasteiger partial charge < -0.3 is 5.11 Å². The topological polar surface area (TPSA) is 75.4 Å². The number of sulfonamides is 1. The van der Waals surface area contributed by atoms with E-state index < -0.39 is 16.1 Å². The fraction of sp³-hybridized carbons (Fsp3) is 0.211. The van der Waals surface area contributed by atoms with E-state index in [1.807, 2.05) is 30.3 Å². The Balaban J connectivity index is 1.93. The monoisotopic (exact) mass is 371 g/mol. The van der Waals surface area contributed by atoms with Gasteiger partial charge in [-0.1, -0.05) is 48.5 Å². The number of aliphatic hydroxyl groups is 1. The van der Waals surface area contributed by atoms with E-state index in [1.54, 1.807) is 54.3 Å². The maximum absolute atomic E-state index is 13.1. The summed E-state index contributed by atoms with van der Waals surface area (Å²) in [6.07, 6.45) is 0.593. The lowest BCUT2D eigenvalue weighted by Crippen LogP contribution is -2.34. The second-order valence-electron chi connectivity index (χ2n) is 5.99. The second-order valence-corrected chi connectivity index (χ2v) is 7.93. The van der Waals surface area contributed by atoms with Gasteiger partial charge in [0, 0.05) is 26.3 Å². The van der Waals surface area contributed by atoms with Crippen molar-refractivity contribution in [1.82, 2.24) is 14.1 Å². The van der Waals surface area contributed by atoms with Crippen molar-refractivity contribution in [1.29, 1.82) is 0 Å². The minimum atomic E-state index is -3.75. The molecule has 0 fully saturated rings. The third-order valence-electron chi connectivity index (χ3n) is 4.16. The second kappa shape index (κ2) is 7.82. The van der Waals surface area contributed by atoms with Crippen LogP contribution in [0.4, 0.5) is 0 Å². The zero-order chi connectivity index (χ0) is 18.6. The third-order valence-corrected chi connectivity index (χ3v) is 5.99. The third kappa shape index (κ3) is 4.01. The van der Waals surface area contributed by atoms with Gasteiger partial charge in [-0.25, -0.2) is 8.42 Å². The van der Waals surface area contributed by atoms with Crippen LogP contribution in [0.3, 0.4) is 0 Å². The van der Waals surface area contributed by atoms with E-state index in [1.165, 1.54) is 4.31 Å². The molecule has 3 rings (SSSR count). The van der Waals surface area contributed by atoms with Crippen LogP contribution in [0.25, 0.3) is 0 Å². The predicted octanol–water partition coefficient (Wildman–Crippen LogP) is 2.34. The molecule has 0 aliphatic carbocycles. The number of hydrogen-bond acceptors (Lipinski definition) is 4. The number of aliphatic hydroxyl groups excluding tert-OH is 1. The molecule has 0 saturated carbocycles. The Hall–Kier alpha value is -2.48. The van der Waals surface area contributed by atoms with Crippen molar-refractivity contribution in [2.24, 2.45) is 7.05 Å². The molecule has 3 aromatic rings. The van der Waals surface area contributed by atoms with E-state index in [0.29, 0.717) is 5.69 Å². The predicted molar refractivity (Wildman–Crippen MR) is 98.6 cm³/mol. The summed E-state index contributed by atoms with van der Waals surface area (Å²) in [5, 5.41) is 14.6. The van der Waals surface area contributed by atoms with Crippen LogP contribution in [-0.2, 0) is 23.6 Å². The average Bonchev–Trinajstić information content (AvgIpc) is 3.09. The lowest BCUT2D eigenvalue weighted by molar-refractivity contribution is 0.137. The highest BCUT2D eigenvalue weighted by atomic mass is 32.2. The van der Waals surface area contributed by atoms with Gasteiger partial charge >= 0.3 is 0 Å². The molecule has 26 heavy (non-hydrogen) atoms. The quantitative estimate of drug-likeness (QED) is 0.692. The van der Waals surface area contributed by atoms with Crippen molar-refractivity contribution < 1.29 is 13.5 Å². The fourth-order valence-corrected chi connectivity index (χ4v) is 4.23. The van der Waals surface area contributed by atoms with Gasteiger partial charge in [0.05, 0.1) is 10.6 Å². The highest BCUT2D eigenvalue weighted by molar-refractivity contribution is 7.89. The van der Waals surface area contributed by atoms with Crippen molar-refractivity contribution in [2.45, 2.75) is 17.5 Å². The van der Waals surface area contributed by atoms with Gasteiger partial charge in [-0.05, 0) is 23.8 Å². The molecular formula is C19H21N3O3S. The van der Waals surface area contributed by atoms with Gasteiger partial charge in [-0.15, -0.1) is 0 Å². The summed E-state index contributed by atoms with van der Waals surface area (Å²) in [4.78, 5) is 0.202. The summed E-state index contributed by atoms with van der Waals surface area (Å²) in [5.41, 5.74) is 1.41. The number of benzene rings is 2. The van der Waals surface area contributed by atoms with Gasteiger partial charge in [-0.2, -0.15) is 9.40 Å². The Labute approximate surface area is 153 Å². The van der Waals surface area contributed by atoms with Crippen molar-refractivity contribution in [3.05, 3.63) is 84.2 Å². The number of nitrogens with zero attached hydrogens (tertiary/aromatic N) is 3. The Morgan fingerprint density at radius 2 is 1.65 bits per heavy atom. The summed E-state index contributed by atoms with van der Waals surface area (Å²) < 4.78 is 29.1. The van der Waals surface area contributed by atoms with Crippen molar-refractivity contribution in [3.8, 4) is 0 Å². The van der Waals surface area contributed by atoms with E-state index in [9.17, 15) is 13.5 Å². The SMILES string of the molecule is Cn1nccc1C(O)CN(Cc1ccccc1)S(=O)(=O)c1ccccc1. The minimum absolute atomic E-state index is 0.0638. The molecule has 6 nitrogen and oxygen atoms in total. The van der Waals surface area contributed by atoms with Crippen molar-refractivity contribution in [3.63, 3.8) is 0 Å². The highest BCUT2D eigenvalue weighted by Crippen LogP contribution is 2.22. The Morgan fingerprint density at radius 3 is 2.23 bits per heavy atom. The molecule has 2 aromatic carbocycles. The first kappa shape index (κ1) is 18.3. The molecule has 0 saturated heterocycles. The lowest BCUT2D eigenvalue weighted by atomic mass is 10.2. The number of aryl methyl sites for hydroxylation is 1. The van der Waals surface area contributed by atoms with Crippen LogP contribution in [0.1, 0.15) is 17.4 Å². The molecule has 7 heteroatoms. The molecule has 136 valence electrons. The maximum Gasteiger partial charge on any atom is 0.243 e. The molecule has 1 unspecified atom stereocenters. The standard InChI is InChI=1S/C19H21N3O3S/c1-21-18(12-13-20-21)19(23)15-22(14-16-8-4-2-5-9-16)26(24,25)17-10-6-3-7-11-17/h2-13,19,23H,14-15H2,1H3. The molecule has 0 radical (unpaired) electrons. The number of aromatic nitrogens is 2. The first-order valence-electron chi connectivity index (χ1n) is 8.23. The van der Waals surface area contributed by atoms with Gasteiger partial charge in [-0.3, -0.25) is 4.68 Å². The summed E-state index contributed by atoms with van der Waals surface area (Å²) in [6.45, 7) is 0.110. The zero-order valence-electron chi connectivity index (χ0n) is 14.4. The van der Waals surface area contributed by atoms with Crippen LogP contribution in [-0.4, -0.2) is 34.2 Å². The van der Waals surface area contributed by atoms with Crippen LogP contribution in [0.15, 0.2) is 77.8 Å². The average molecular weight is 371 g/mol. The summed E-state index contributed by atoms with van der Waals surface area (Å²) in [5.74, 6) is 0.